The summed E-state index contributed by atoms with van der Waals surface area (Å²) in [5.74, 6) is -2.44. The van der Waals surface area contributed by atoms with Crippen LogP contribution in [0.15, 0.2) is 47.1 Å². The third-order valence-electron chi connectivity index (χ3n) is 4.94. The summed E-state index contributed by atoms with van der Waals surface area (Å²) in [6, 6.07) is 9.18. The fourth-order valence-electron chi connectivity index (χ4n) is 3.50. The lowest BCUT2D eigenvalue weighted by atomic mass is 9.87. The minimum atomic E-state index is -4.36. The monoisotopic (exact) mass is 380 g/mol. The predicted octanol–water partition coefficient (Wildman–Crippen LogP) is 4.33. The van der Waals surface area contributed by atoms with Crippen molar-refractivity contribution in [2.75, 3.05) is 11.9 Å². The van der Waals surface area contributed by atoms with Crippen LogP contribution in [0.1, 0.15) is 41.2 Å². The summed E-state index contributed by atoms with van der Waals surface area (Å²) >= 11 is 0. The number of nitrogens with zero attached hydrogens (tertiary/aromatic N) is 1. The van der Waals surface area contributed by atoms with E-state index in [1.165, 1.54) is 43.2 Å². The number of anilines is 1. The molecule has 2 amide bonds. The van der Waals surface area contributed by atoms with Crippen molar-refractivity contribution in [2.45, 2.75) is 32.0 Å². The van der Waals surface area contributed by atoms with Gasteiger partial charge >= 0.3 is 6.18 Å². The van der Waals surface area contributed by atoms with Crippen molar-refractivity contribution in [3.8, 4) is 0 Å². The first kappa shape index (κ1) is 19.0. The standard InChI is InChI=1S/C19H19F3N2O3/c1-18(2)15(19(20,21)22)8-9-24(18)17(26)12-5-3-6-13(11-12)23-16(25)14-7-4-10-27-14/h3-7,10-11,15H,8-9H2,1-2H3,(H,23,25)/t15-/m1/s1. The molecule has 1 saturated heterocycles. The molecule has 1 atom stereocenters. The minimum absolute atomic E-state index is 0.0268. The van der Waals surface area contributed by atoms with Crippen LogP contribution in [0.4, 0.5) is 18.9 Å². The number of hydrogen-bond acceptors (Lipinski definition) is 3. The highest BCUT2D eigenvalue weighted by molar-refractivity contribution is 6.03. The summed E-state index contributed by atoms with van der Waals surface area (Å²) in [4.78, 5) is 26.1. The van der Waals surface area contributed by atoms with Gasteiger partial charge in [-0.1, -0.05) is 6.07 Å². The smallest absolute Gasteiger partial charge is 0.394 e. The minimum Gasteiger partial charge on any atom is -0.459 e. The number of carbonyl (C=O) groups excluding carboxylic acids is 2. The number of nitrogens with one attached hydrogen (secondary N) is 1. The van der Waals surface area contributed by atoms with Crippen LogP contribution in [0.25, 0.3) is 0 Å². The Hall–Kier alpha value is -2.77. The first-order valence-corrected chi connectivity index (χ1v) is 8.44. The SMILES string of the molecule is CC1(C)[C@H](C(F)(F)F)CCN1C(=O)c1cccc(NC(=O)c2ccco2)c1. The van der Waals surface area contributed by atoms with Crippen LogP contribution in [0.3, 0.4) is 0 Å². The molecule has 0 radical (unpaired) electrons. The van der Waals surface area contributed by atoms with Gasteiger partial charge in [0.2, 0.25) is 0 Å². The topological polar surface area (TPSA) is 62.6 Å². The fraction of sp³-hybridized carbons (Fsp3) is 0.368. The largest absolute Gasteiger partial charge is 0.459 e. The number of benzene rings is 1. The highest BCUT2D eigenvalue weighted by Crippen LogP contribution is 2.45. The zero-order chi connectivity index (χ0) is 19.8. The third kappa shape index (κ3) is 3.70. The lowest BCUT2D eigenvalue weighted by Crippen LogP contribution is -2.49. The van der Waals surface area contributed by atoms with Gasteiger partial charge in [0.05, 0.1) is 12.2 Å². The molecule has 0 aliphatic carbocycles. The molecule has 1 aromatic carbocycles. The van der Waals surface area contributed by atoms with Crippen molar-refractivity contribution >= 4 is 17.5 Å². The Bertz CT molecular complexity index is 844. The number of furan rings is 1. The maximum atomic E-state index is 13.2. The van der Waals surface area contributed by atoms with E-state index in [9.17, 15) is 22.8 Å². The second-order valence-electron chi connectivity index (χ2n) is 7.01. The molecule has 1 aliphatic rings. The number of carbonyl (C=O) groups is 2. The molecular weight excluding hydrogens is 361 g/mol. The Balaban J connectivity index is 1.79. The van der Waals surface area contributed by atoms with Gasteiger partial charge in [-0.3, -0.25) is 9.59 Å². The van der Waals surface area contributed by atoms with Crippen LogP contribution in [0, 0.1) is 5.92 Å². The normalized spacial score (nSPS) is 19.1. The summed E-state index contributed by atoms with van der Waals surface area (Å²) < 4.78 is 44.7. The molecule has 144 valence electrons. The second kappa shape index (κ2) is 6.75. The quantitative estimate of drug-likeness (QED) is 0.862. The Morgan fingerprint density at radius 3 is 2.56 bits per heavy atom. The Labute approximate surface area is 154 Å². The summed E-state index contributed by atoms with van der Waals surface area (Å²) in [6.45, 7) is 2.89. The van der Waals surface area contributed by atoms with E-state index in [0.717, 1.165) is 0 Å². The van der Waals surface area contributed by atoms with Crippen molar-refractivity contribution < 1.29 is 27.2 Å². The highest BCUT2D eigenvalue weighted by atomic mass is 19.4. The number of amides is 2. The molecule has 0 bridgehead atoms. The Morgan fingerprint density at radius 2 is 1.96 bits per heavy atom. The molecule has 2 heterocycles. The van der Waals surface area contributed by atoms with Crippen LogP contribution in [0.2, 0.25) is 0 Å². The molecule has 3 rings (SSSR count). The summed E-state index contributed by atoms with van der Waals surface area (Å²) in [5.41, 5.74) is -0.780. The van der Waals surface area contributed by atoms with Crippen molar-refractivity contribution in [3.05, 3.63) is 54.0 Å². The number of likely N-dealkylation sites (tertiary alicyclic amines) is 1. The average Bonchev–Trinajstić information content (AvgIpc) is 3.21. The Kier molecular flexibility index (Phi) is 4.75. The van der Waals surface area contributed by atoms with Gasteiger partial charge in [-0.15, -0.1) is 0 Å². The van der Waals surface area contributed by atoms with Crippen molar-refractivity contribution in [3.63, 3.8) is 0 Å². The maximum Gasteiger partial charge on any atom is 0.394 e. The van der Waals surface area contributed by atoms with Crippen LogP contribution in [-0.4, -0.2) is 35.0 Å². The Morgan fingerprint density at radius 1 is 1.22 bits per heavy atom. The number of alkyl halides is 3. The van der Waals surface area contributed by atoms with E-state index in [2.05, 4.69) is 5.32 Å². The van der Waals surface area contributed by atoms with Gasteiger partial charge in [0.1, 0.15) is 0 Å². The van der Waals surface area contributed by atoms with E-state index in [0.29, 0.717) is 5.69 Å². The van der Waals surface area contributed by atoms with E-state index in [1.54, 1.807) is 18.2 Å². The zero-order valence-electron chi connectivity index (χ0n) is 14.8. The van der Waals surface area contributed by atoms with Gasteiger partial charge in [-0.2, -0.15) is 13.2 Å². The fourth-order valence-corrected chi connectivity index (χ4v) is 3.50. The molecule has 2 aromatic rings. The van der Waals surface area contributed by atoms with Crippen molar-refractivity contribution in [1.29, 1.82) is 0 Å². The second-order valence-corrected chi connectivity index (χ2v) is 7.01. The van der Waals surface area contributed by atoms with Gasteiger partial charge < -0.3 is 14.6 Å². The van der Waals surface area contributed by atoms with E-state index in [-0.39, 0.29) is 24.3 Å². The van der Waals surface area contributed by atoms with Gasteiger partial charge in [0.15, 0.2) is 5.76 Å². The van der Waals surface area contributed by atoms with E-state index >= 15 is 0 Å². The van der Waals surface area contributed by atoms with Crippen LogP contribution < -0.4 is 5.32 Å². The number of rotatable bonds is 3. The molecule has 8 heteroatoms. The predicted molar refractivity (Wildman–Crippen MR) is 92.4 cm³/mol. The third-order valence-corrected chi connectivity index (χ3v) is 4.94. The summed E-state index contributed by atoms with van der Waals surface area (Å²) in [5, 5.41) is 2.60. The number of hydrogen-bond donors (Lipinski definition) is 1. The summed E-state index contributed by atoms with van der Waals surface area (Å²) in [6.07, 6.45) is -3.13. The molecule has 1 aromatic heterocycles. The molecule has 0 unspecified atom stereocenters. The molecular formula is C19H19F3N2O3. The van der Waals surface area contributed by atoms with Gasteiger partial charge in [0.25, 0.3) is 11.8 Å². The van der Waals surface area contributed by atoms with Crippen LogP contribution >= 0.6 is 0 Å². The highest BCUT2D eigenvalue weighted by Gasteiger charge is 2.56. The number of halogens is 3. The zero-order valence-corrected chi connectivity index (χ0v) is 14.8. The van der Waals surface area contributed by atoms with E-state index in [4.69, 9.17) is 4.42 Å². The molecule has 27 heavy (non-hydrogen) atoms. The lowest BCUT2D eigenvalue weighted by Gasteiger charge is -2.36. The first-order valence-electron chi connectivity index (χ1n) is 8.44. The molecule has 1 N–H and O–H groups in total. The van der Waals surface area contributed by atoms with Gasteiger partial charge in [-0.05, 0) is 50.6 Å². The molecule has 1 fully saturated rings. The van der Waals surface area contributed by atoms with E-state index < -0.39 is 29.4 Å². The molecule has 0 spiro atoms. The average molecular weight is 380 g/mol. The van der Waals surface area contributed by atoms with Gasteiger partial charge in [-0.25, -0.2) is 0 Å². The van der Waals surface area contributed by atoms with Crippen LogP contribution in [0.5, 0.6) is 0 Å². The molecule has 1 aliphatic heterocycles. The van der Waals surface area contributed by atoms with Crippen LogP contribution in [-0.2, 0) is 0 Å². The van der Waals surface area contributed by atoms with Crippen molar-refractivity contribution in [2.24, 2.45) is 5.92 Å². The van der Waals surface area contributed by atoms with E-state index in [1.807, 2.05) is 0 Å². The molecule has 5 nitrogen and oxygen atoms in total. The first-order chi connectivity index (χ1) is 12.6. The molecule has 0 saturated carbocycles. The maximum absolute atomic E-state index is 13.2. The van der Waals surface area contributed by atoms with Gasteiger partial charge in [0, 0.05) is 23.3 Å². The summed E-state index contributed by atoms with van der Waals surface area (Å²) in [7, 11) is 0. The van der Waals surface area contributed by atoms with Crippen molar-refractivity contribution in [1.82, 2.24) is 4.90 Å². The lowest BCUT2D eigenvalue weighted by molar-refractivity contribution is -0.189.